The summed E-state index contributed by atoms with van der Waals surface area (Å²) in [7, 11) is 0. The van der Waals surface area contributed by atoms with Crippen LogP contribution in [0.4, 0.5) is 0 Å². The van der Waals surface area contributed by atoms with Crippen LogP contribution in [0.15, 0.2) is 66.9 Å². The summed E-state index contributed by atoms with van der Waals surface area (Å²) < 4.78 is 6.14. The molecule has 6 nitrogen and oxygen atoms in total. The lowest BCUT2D eigenvalue weighted by molar-refractivity contribution is -0.134. The number of carbonyl (C=O) groups is 2. The summed E-state index contributed by atoms with van der Waals surface area (Å²) in [6, 6.07) is 18.6. The molecular weight excluding hydrogens is 390 g/mol. The van der Waals surface area contributed by atoms with Gasteiger partial charge in [0.25, 0.3) is 5.91 Å². The van der Waals surface area contributed by atoms with Crippen molar-refractivity contribution in [2.45, 2.75) is 31.4 Å². The van der Waals surface area contributed by atoms with Crippen LogP contribution in [-0.2, 0) is 4.79 Å². The van der Waals surface area contributed by atoms with E-state index in [1.807, 2.05) is 65.6 Å². The molecule has 2 atom stereocenters. The fourth-order valence-corrected chi connectivity index (χ4v) is 4.61. The van der Waals surface area contributed by atoms with E-state index in [9.17, 15) is 9.59 Å². The summed E-state index contributed by atoms with van der Waals surface area (Å²) in [6.07, 6.45) is 3.93. The molecule has 2 aliphatic rings. The second-order valence-corrected chi connectivity index (χ2v) is 8.18. The van der Waals surface area contributed by atoms with Crippen molar-refractivity contribution in [1.82, 2.24) is 14.8 Å². The first-order valence-corrected chi connectivity index (χ1v) is 10.9. The van der Waals surface area contributed by atoms with Gasteiger partial charge in [-0.05, 0) is 36.4 Å². The SMILES string of the molecule is O=C([C@@H]1C[C@H](Oc2ccccc2)CN1C(=O)c1nccc2ccccc12)N1CCCC1. The molecule has 0 radical (unpaired) electrons. The van der Waals surface area contributed by atoms with Gasteiger partial charge in [0.05, 0.1) is 6.54 Å². The average molecular weight is 415 g/mol. The van der Waals surface area contributed by atoms with Crippen LogP contribution in [0.25, 0.3) is 10.8 Å². The minimum absolute atomic E-state index is 0.0187. The van der Waals surface area contributed by atoms with Gasteiger partial charge in [-0.15, -0.1) is 0 Å². The molecule has 0 saturated carbocycles. The molecule has 0 N–H and O–H groups in total. The van der Waals surface area contributed by atoms with Crippen molar-refractivity contribution in [1.29, 1.82) is 0 Å². The Bertz CT molecular complexity index is 1090. The fourth-order valence-electron chi connectivity index (χ4n) is 4.61. The highest BCUT2D eigenvalue weighted by Gasteiger charge is 2.43. The highest BCUT2D eigenvalue weighted by Crippen LogP contribution is 2.28. The molecule has 0 unspecified atom stereocenters. The minimum Gasteiger partial charge on any atom is -0.488 e. The minimum atomic E-state index is -0.528. The van der Waals surface area contributed by atoms with Crippen LogP contribution < -0.4 is 4.74 Å². The largest absolute Gasteiger partial charge is 0.488 e. The molecule has 0 bridgehead atoms. The van der Waals surface area contributed by atoms with Crippen molar-refractivity contribution >= 4 is 22.6 Å². The molecule has 2 fully saturated rings. The highest BCUT2D eigenvalue weighted by molar-refractivity contribution is 6.06. The molecular formula is C25H25N3O3. The number of carbonyl (C=O) groups excluding carboxylic acids is 2. The second kappa shape index (κ2) is 8.38. The van der Waals surface area contributed by atoms with Crippen LogP contribution in [0.2, 0.25) is 0 Å². The Morgan fingerprint density at radius 2 is 1.68 bits per heavy atom. The van der Waals surface area contributed by atoms with E-state index < -0.39 is 6.04 Å². The number of rotatable bonds is 4. The van der Waals surface area contributed by atoms with Crippen LogP contribution >= 0.6 is 0 Å². The third kappa shape index (κ3) is 3.85. The summed E-state index contributed by atoms with van der Waals surface area (Å²) in [5.74, 6) is 0.552. The Labute approximate surface area is 181 Å². The fraction of sp³-hybridized carbons (Fsp3) is 0.320. The van der Waals surface area contributed by atoms with Gasteiger partial charge in [0.2, 0.25) is 5.91 Å². The molecule has 1 aromatic heterocycles. The van der Waals surface area contributed by atoms with E-state index >= 15 is 0 Å². The number of amides is 2. The normalized spacial score (nSPS) is 20.9. The number of nitrogens with zero attached hydrogens (tertiary/aromatic N) is 3. The van der Waals surface area contributed by atoms with E-state index in [1.165, 1.54) is 0 Å². The monoisotopic (exact) mass is 415 g/mol. The first-order valence-electron chi connectivity index (χ1n) is 10.9. The molecule has 2 saturated heterocycles. The van der Waals surface area contributed by atoms with Gasteiger partial charge in [0.1, 0.15) is 23.6 Å². The third-order valence-electron chi connectivity index (χ3n) is 6.15. The van der Waals surface area contributed by atoms with Crippen LogP contribution in [0.1, 0.15) is 29.8 Å². The maximum Gasteiger partial charge on any atom is 0.273 e. The lowest BCUT2D eigenvalue weighted by Gasteiger charge is -2.27. The average Bonchev–Trinajstić information content (AvgIpc) is 3.49. The first-order chi connectivity index (χ1) is 15.2. The molecule has 2 aromatic carbocycles. The Balaban J connectivity index is 1.45. The summed E-state index contributed by atoms with van der Waals surface area (Å²) in [5.41, 5.74) is 0.387. The Morgan fingerprint density at radius 3 is 2.48 bits per heavy atom. The predicted molar refractivity (Wildman–Crippen MR) is 118 cm³/mol. The molecule has 3 heterocycles. The molecule has 2 aliphatic heterocycles. The van der Waals surface area contributed by atoms with E-state index in [2.05, 4.69) is 4.98 Å². The quantitative estimate of drug-likeness (QED) is 0.654. The smallest absolute Gasteiger partial charge is 0.273 e. The van der Waals surface area contributed by atoms with Gasteiger partial charge in [0.15, 0.2) is 0 Å². The Kier molecular flexibility index (Phi) is 5.28. The Hall–Kier alpha value is -3.41. The van der Waals surface area contributed by atoms with Gasteiger partial charge < -0.3 is 14.5 Å². The second-order valence-electron chi connectivity index (χ2n) is 8.18. The first kappa shape index (κ1) is 19.5. The molecule has 0 aliphatic carbocycles. The molecule has 158 valence electrons. The van der Waals surface area contributed by atoms with Gasteiger partial charge in [-0.2, -0.15) is 0 Å². The molecule has 2 amide bonds. The molecule has 5 rings (SSSR count). The van der Waals surface area contributed by atoms with Crippen molar-refractivity contribution in [3.05, 3.63) is 72.6 Å². The summed E-state index contributed by atoms with van der Waals surface area (Å²) in [6.45, 7) is 1.88. The number of fused-ring (bicyclic) bond motifs is 1. The molecule has 6 heteroatoms. The van der Waals surface area contributed by atoms with Crippen molar-refractivity contribution in [3.8, 4) is 5.75 Å². The number of para-hydroxylation sites is 1. The van der Waals surface area contributed by atoms with E-state index in [1.54, 1.807) is 11.1 Å². The zero-order chi connectivity index (χ0) is 21.2. The zero-order valence-corrected chi connectivity index (χ0v) is 17.3. The number of ether oxygens (including phenoxy) is 1. The van der Waals surface area contributed by atoms with Crippen molar-refractivity contribution in [2.75, 3.05) is 19.6 Å². The summed E-state index contributed by atoms with van der Waals surface area (Å²) in [5, 5.41) is 1.76. The van der Waals surface area contributed by atoms with E-state index in [0.29, 0.717) is 18.7 Å². The van der Waals surface area contributed by atoms with Crippen LogP contribution in [0.3, 0.4) is 0 Å². The standard InChI is InChI=1S/C25H25N3O3/c29-24(27-14-6-7-15-27)22-16-20(31-19-9-2-1-3-10-19)17-28(22)25(30)23-21-11-5-4-8-18(21)12-13-26-23/h1-5,8-13,20,22H,6-7,14-17H2/t20-,22-/m0/s1. The molecule has 3 aromatic rings. The lowest BCUT2D eigenvalue weighted by Crippen LogP contribution is -2.47. The number of hydrogen-bond donors (Lipinski definition) is 0. The van der Waals surface area contributed by atoms with E-state index in [4.69, 9.17) is 4.74 Å². The van der Waals surface area contributed by atoms with Crippen LogP contribution in [0.5, 0.6) is 5.75 Å². The maximum absolute atomic E-state index is 13.6. The van der Waals surface area contributed by atoms with Gasteiger partial charge in [-0.1, -0.05) is 42.5 Å². The highest BCUT2D eigenvalue weighted by atomic mass is 16.5. The topological polar surface area (TPSA) is 62.7 Å². The summed E-state index contributed by atoms with van der Waals surface area (Å²) >= 11 is 0. The number of pyridine rings is 1. The molecule has 0 spiro atoms. The summed E-state index contributed by atoms with van der Waals surface area (Å²) in [4.78, 5) is 34.9. The number of aromatic nitrogens is 1. The molecule has 31 heavy (non-hydrogen) atoms. The van der Waals surface area contributed by atoms with Crippen LogP contribution in [0, 0.1) is 0 Å². The predicted octanol–water partition coefficient (Wildman–Crippen LogP) is 3.52. The third-order valence-corrected chi connectivity index (χ3v) is 6.15. The number of likely N-dealkylation sites (tertiary alicyclic amines) is 2. The van der Waals surface area contributed by atoms with Gasteiger partial charge in [-0.25, -0.2) is 0 Å². The maximum atomic E-state index is 13.6. The number of hydrogen-bond acceptors (Lipinski definition) is 4. The van der Waals surface area contributed by atoms with Gasteiger partial charge in [0, 0.05) is 31.1 Å². The number of benzene rings is 2. The van der Waals surface area contributed by atoms with E-state index in [-0.39, 0.29) is 17.9 Å². The zero-order valence-electron chi connectivity index (χ0n) is 17.3. The van der Waals surface area contributed by atoms with E-state index in [0.717, 1.165) is 42.5 Å². The Morgan fingerprint density at radius 1 is 0.935 bits per heavy atom. The van der Waals surface area contributed by atoms with Gasteiger partial charge in [-0.3, -0.25) is 14.6 Å². The van der Waals surface area contributed by atoms with Crippen LogP contribution in [-0.4, -0.2) is 58.4 Å². The van der Waals surface area contributed by atoms with Crippen molar-refractivity contribution in [2.24, 2.45) is 0 Å². The van der Waals surface area contributed by atoms with Gasteiger partial charge >= 0.3 is 0 Å². The van der Waals surface area contributed by atoms with Crippen molar-refractivity contribution in [3.63, 3.8) is 0 Å². The lowest BCUT2D eigenvalue weighted by atomic mass is 10.1. The van der Waals surface area contributed by atoms with Crippen molar-refractivity contribution < 1.29 is 14.3 Å².